The van der Waals surface area contributed by atoms with Crippen LogP contribution in [0, 0.1) is 0 Å². The summed E-state index contributed by atoms with van der Waals surface area (Å²) in [5.74, 6) is 1.13. The molecule has 3 heterocycles. The van der Waals surface area contributed by atoms with Gasteiger partial charge in [-0.1, -0.05) is 12.1 Å². The molecule has 1 fully saturated rings. The quantitative estimate of drug-likeness (QED) is 0.643. The van der Waals surface area contributed by atoms with Gasteiger partial charge in [0.05, 0.1) is 21.8 Å². The van der Waals surface area contributed by atoms with Crippen molar-refractivity contribution in [2.45, 2.75) is 32.2 Å². The number of benzene rings is 1. The molecule has 1 saturated heterocycles. The Labute approximate surface area is 157 Å². The molecule has 0 spiro atoms. The SMILES string of the molecule is O=C(NCCCc1nc2ccccc2s1)c1ccc(CN2CCCC2)o1. The highest BCUT2D eigenvalue weighted by molar-refractivity contribution is 7.18. The van der Waals surface area contributed by atoms with Gasteiger partial charge in [0.25, 0.3) is 5.91 Å². The van der Waals surface area contributed by atoms with Gasteiger partial charge in [-0.2, -0.15) is 0 Å². The van der Waals surface area contributed by atoms with Crippen molar-refractivity contribution in [1.29, 1.82) is 0 Å². The van der Waals surface area contributed by atoms with E-state index in [0.717, 1.165) is 48.8 Å². The number of thiazole rings is 1. The zero-order chi connectivity index (χ0) is 17.8. The van der Waals surface area contributed by atoms with Gasteiger partial charge >= 0.3 is 0 Å². The molecule has 26 heavy (non-hydrogen) atoms. The van der Waals surface area contributed by atoms with Gasteiger partial charge in [0, 0.05) is 13.0 Å². The molecular weight excluding hydrogens is 346 g/mol. The number of para-hydroxylation sites is 1. The fourth-order valence-electron chi connectivity index (χ4n) is 3.30. The number of carbonyl (C=O) groups is 1. The number of aromatic nitrogens is 1. The summed E-state index contributed by atoms with van der Waals surface area (Å²) in [5.41, 5.74) is 1.05. The van der Waals surface area contributed by atoms with Gasteiger partial charge in [-0.05, 0) is 56.6 Å². The summed E-state index contributed by atoms with van der Waals surface area (Å²) in [7, 11) is 0. The predicted octanol–water partition coefficient (Wildman–Crippen LogP) is 3.85. The molecule has 0 saturated carbocycles. The van der Waals surface area contributed by atoms with E-state index in [-0.39, 0.29) is 5.91 Å². The summed E-state index contributed by atoms with van der Waals surface area (Å²) in [4.78, 5) is 19.2. The van der Waals surface area contributed by atoms with Crippen LogP contribution in [0.1, 0.15) is 40.6 Å². The molecule has 4 rings (SSSR count). The van der Waals surface area contributed by atoms with E-state index in [1.807, 2.05) is 24.3 Å². The molecule has 0 radical (unpaired) electrons. The number of furan rings is 1. The molecule has 136 valence electrons. The van der Waals surface area contributed by atoms with Crippen molar-refractivity contribution >= 4 is 27.5 Å². The fraction of sp³-hybridized carbons (Fsp3) is 0.400. The fourth-order valence-corrected chi connectivity index (χ4v) is 4.31. The van der Waals surface area contributed by atoms with E-state index in [1.54, 1.807) is 17.4 Å². The Kier molecular flexibility index (Phi) is 5.32. The van der Waals surface area contributed by atoms with Crippen LogP contribution in [-0.4, -0.2) is 35.4 Å². The number of likely N-dealkylation sites (tertiary alicyclic amines) is 1. The molecule has 0 aliphatic carbocycles. The maximum atomic E-state index is 12.2. The number of aryl methyl sites for hydroxylation is 1. The second-order valence-corrected chi connectivity index (χ2v) is 7.80. The Morgan fingerprint density at radius 2 is 2.04 bits per heavy atom. The molecule has 1 aliphatic heterocycles. The molecule has 0 unspecified atom stereocenters. The molecular formula is C20H23N3O2S. The zero-order valence-electron chi connectivity index (χ0n) is 14.7. The number of rotatable bonds is 7. The average molecular weight is 369 g/mol. The first kappa shape index (κ1) is 17.2. The smallest absolute Gasteiger partial charge is 0.286 e. The van der Waals surface area contributed by atoms with E-state index in [2.05, 4.69) is 21.3 Å². The highest BCUT2D eigenvalue weighted by Crippen LogP contribution is 2.22. The van der Waals surface area contributed by atoms with Crippen molar-refractivity contribution in [3.63, 3.8) is 0 Å². The van der Waals surface area contributed by atoms with Crippen molar-refractivity contribution in [3.05, 3.63) is 52.9 Å². The number of fused-ring (bicyclic) bond motifs is 1. The number of hydrogen-bond donors (Lipinski definition) is 1. The van der Waals surface area contributed by atoms with Crippen LogP contribution in [0.25, 0.3) is 10.2 Å². The van der Waals surface area contributed by atoms with E-state index in [9.17, 15) is 4.79 Å². The van der Waals surface area contributed by atoms with Gasteiger partial charge in [-0.25, -0.2) is 4.98 Å². The van der Waals surface area contributed by atoms with Gasteiger partial charge in [0.15, 0.2) is 5.76 Å². The summed E-state index contributed by atoms with van der Waals surface area (Å²) in [6.07, 6.45) is 4.25. The van der Waals surface area contributed by atoms with Crippen molar-refractivity contribution in [2.75, 3.05) is 19.6 Å². The van der Waals surface area contributed by atoms with Crippen LogP contribution in [-0.2, 0) is 13.0 Å². The molecule has 0 atom stereocenters. The standard InChI is InChI=1S/C20H23N3O2S/c24-20(17-10-9-15(25-17)14-23-12-3-4-13-23)21-11-5-8-19-22-16-6-1-2-7-18(16)26-19/h1-2,6-7,9-10H,3-5,8,11-14H2,(H,21,24). The third-order valence-corrected chi connectivity index (χ3v) is 5.75. The first-order valence-corrected chi connectivity index (χ1v) is 10.0. The Hall–Kier alpha value is -2.18. The van der Waals surface area contributed by atoms with E-state index in [4.69, 9.17) is 4.42 Å². The molecule has 1 amide bonds. The Balaban J connectivity index is 1.23. The summed E-state index contributed by atoms with van der Waals surface area (Å²) in [6.45, 7) is 3.66. The summed E-state index contributed by atoms with van der Waals surface area (Å²) >= 11 is 1.72. The lowest BCUT2D eigenvalue weighted by Gasteiger charge is -2.11. The van der Waals surface area contributed by atoms with Crippen molar-refractivity contribution in [1.82, 2.24) is 15.2 Å². The molecule has 1 aliphatic rings. The normalized spacial score (nSPS) is 14.9. The van der Waals surface area contributed by atoms with Gasteiger partial charge in [-0.15, -0.1) is 11.3 Å². The lowest BCUT2D eigenvalue weighted by molar-refractivity contribution is 0.0922. The highest BCUT2D eigenvalue weighted by Gasteiger charge is 2.16. The number of hydrogen-bond acceptors (Lipinski definition) is 5. The van der Waals surface area contributed by atoms with Crippen LogP contribution in [0.4, 0.5) is 0 Å². The van der Waals surface area contributed by atoms with Crippen LogP contribution in [0.5, 0.6) is 0 Å². The third kappa shape index (κ3) is 4.14. The van der Waals surface area contributed by atoms with Crippen LogP contribution in [0.2, 0.25) is 0 Å². The minimum atomic E-state index is -0.137. The van der Waals surface area contributed by atoms with E-state index >= 15 is 0 Å². The molecule has 3 aromatic rings. The first-order chi connectivity index (χ1) is 12.8. The van der Waals surface area contributed by atoms with Crippen LogP contribution < -0.4 is 5.32 Å². The van der Waals surface area contributed by atoms with E-state index in [1.165, 1.54) is 17.5 Å². The lowest BCUT2D eigenvalue weighted by atomic mass is 10.3. The minimum Gasteiger partial charge on any atom is -0.455 e. The summed E-state index contributed by atoms with van der Waals surface area (Å²) in [5, 5.41) is 4.06. The summed E-state index contributed by atoms with van der Waals surface area (Å²) in [6, 6.07) is 11.9. The number of amides is 1. The van der Waals surface area contributed by atoms with E-state index < -0.39 is 0 Å². The topological polar surface area (TPSA) is 58.4 Å². The maximum absolute atomic E-state index is 12.2. The highest BCUT2D eigenvalue weighted by atomic mass is 32.1. The van der Waals surface area contributed by atoms with Crippen molar-refractivity contribution < 1.29 is 9.21 Å². The number of carbonyl (C=O) groups excluding carboxylic acids is 1. The molecule has 0 bridgehead atoms. The maximum Gasteiger partial charge on any atom is 0.286 e. The third-order valence-electron chi connectivity index (χ3n) is 4.65. The lowest BCUT2D eigenvalue weighted by Crippen LogP contribution is -2.24. The van der Waals surface area contributed by atoms with Crippen molar-refractivity contribution in [2.24, 2.45) is 0 Å². The number of nitrogens with zero attached hydrogens (tertiary/aromatic N) is 2. The summed E-state index contributed by atoms with van der Waals surface area (Å²) < 4.78 is 6.91. The molecule has 5 nitrogen and oxygen atoms in total. The van der Waals surface area contributed by atoms with Crippen LogP contribution in [0.15, 0.2) is 40.8 Å². The predicted molar refractivity (Wildman–Crippen MR) is 103 cm³/mol. The van der Waals surface area contributed by atoms with Crippen LogP contribution in [0.3, 0.4) is 0 Å². The van der Waals surface area contributed by atoms with E-state index in [0.29, 0.717) is 12.3 Å². The largest absolute Gasteiger partial charge is 0.455 e. The number of nitrogens with one attached hydrogen (secondary N) is 1. The molecule has 6 heteroatoms. The molecule has 1 aromatic carbocycles. The first-order valence-electron chi connectivity index (χ1n) is 9.22. The van der Waals surface area contributed by atoms with Gasteiger partial charge < -0.3 is 9.73 Å². The van der Waals surface area contributed by atoms with Crippen molar-refractivity contribution in [3.8, 4) is 0 Å². The molecule has 2 aromatic heterocycles. The minimum absolute atomic E-state index is 0.137. The molecule has 1 N–H and O–H groups in total. The Morgan fingerprint density at radius 1 is 1.19 bits per heavy atom. The van der Waals surface area contributed by atoms with Gasteiger partial charge in [0.1, 0.15) is 5.76 Å². The second-order valence-electron chi connectivity index (χ2n) is 6.68. The van der Waals surface area contributed by atoms with Gasteiger partial charge in [-0.3, -0.25) is 9.69 Å². The Bertz CT molecular complexity index is 847. The zero-order valence-corrected chi connectivity index (χ0v) is 15.6. The average Bonchev–Trinajstić information content (AvgIpc) is 3.39. The second kappa shape index (κ2) is 8.01. The Morgan fingerprint density at radius 3 is 2.88 bits per heavy atom. The van der Waals surface area contributed by atoms with Gasteiger partial charge in [0.2, 0.25) is 0 Å². The van der Waals surface area contributed by atoms with Crippen LogP contribution >= 0.6 is 11.3 Å². The monoisotopic (exact) mass is 369 g/mol.